The van der Waals surface area contributed by atoms with Crippen molar-refractivity contribution in [3.05, 3.63) is 17.3 Å². The van der Waals surface area contributed by atoms with E-state index in [1.165, 1.54) is 32.1 Å². The fraction of sp³-hybridized carbons (Fsp3) is 0.667. The van der Waals surface area contributed by atoms with Crippen molar-refractivity contribution in [2.24, 2.45) is 0 Å². The molecule has 1 aliphatic heterocycles. The van der Waals surface area contributed by atoms with Crippen molar-refractivity contribution in [1.82, 2.24) is 9.97 Å². The van der Waals surface area contributed by atoms with Gasteiger partial charge in [0.05, 0.1) is 11.0 Å². The number of thiophene rings is 1. The van der Waals surface area contributed by atoms with E-state index < -0.39 is 0 Å². The zero-order chi connectivity index (χ0) is 15.7. The Bertz CT molecular complexity index is 672. The van der Waals surface area contributed by atoms with Crippen LogP contribution in [0.2, 0.25) is 0 Å². The maximum Gasteiger partial charge on any atom is 0.138 e. The standard InChI is InChI=1S/C18H25N3OS/c1-2-15-20-16(14-7-11-23-17(14)21-15)19-13-6-10-22-18(12-13)8-4-3-5-9-18/h7,11,13H,2-6,8-10,12H2,1H3,(H,19,20,21). The number of aromatic nitrogens is 2. The predicted octanol–water partition coefficient (Wildman–Crippen LogP) is 4.55. The van der Waals surface area contributed by atoms with E-state index in [0.29, 0.717) is 6.04 Å². The quantitative estimate of drug-likeness (QED) is 0.896. The predicted molar refractivity (Wildman–Crippen MR) is 95.2 cm³/mol. The van der Waals surface area contributed by atoms with Crippen molar-refractivity contribution in [1.29, 1.82) is 0 Å². The molecule has 124 valence electrons. The van der Waals surface area contributed by atoms with Crippen LogP contribution in [0, 0.1) is 0 Å². The lowest BCUT2D eigenvalue weighted by Crippen LogP contribution is -2.45. The molecule has 2 aromatic rings. The number of anilines is 1. The second-order valence-corrected chi connectivity index (χ2v) is 7.80. The van der Waals surface area contributed by atoms with Crippen molar-refractivity contribution < 1.29 is 4.74 Å². The van der Waals surface area contributed by atoms with Gasteiger partial charge in [-0.3, -0.25) is 0 Å². The minimum absolute atomic E-state index is 0.128. The lowest BCUT2D eigenvalue weighted by atomic mass is 9.78. The zero-order valence-corrected chi connectivity index (χ0v) is 14.6. The number of rotatable bonds is 3. The number of nitrogens with zero attached hydrogens (tertiary/aromatic N) is 2. The Labute approximate surface area is 141 Å². The fourth-order valence-electron chi connectivity index (χ4n) is 4.06. The summed E-state index contributed by atoms with van der Waals surface area (Å²) >= 11 is 1.70. The van der Waals surface area contributed by atoms with Gasteiger partial charge in [-0.05, 0) is 37.1 Å². The molecular formula is C18H25N3OS. The highest BCUT2D eigenvalue weighted by Gasteiger charge is 2.38. The molecule has 1 unspecified atom stereocenters. The van der Waals surface area contributed by atoms with Gasteiger partial charge in [0, 0.05) is 19.1 Å². The second-order valence-electron chi connectivity index (χ2n) is 6.91. The molecule has 2 fully saturated rings. The number of hydrogen-bond donors (Lipinski definition) is 1. The number of ether oxygens (including phenoxy) is 1. The maximum absolute atomic E-state index is 6.22. The molecule has 2 aromatic heterocycles. The minimum Gasteiger partial charge on any atom is -0.375 e. The van der Waals surface area contributed by atoms with E-state index in [-0.39, 0.29) is 5.60 Å². The Kier molecular flexibility index (Phi) is 4.24. The van der Waals surface area contributed by atoms with Gasteiger partial charge in [0.1, 0.15) is 16.5 Å². The SMILES string of the molecule is CCc1nc(NC2CCOC3(CCCCC3)C2)c2ccsc2n1. The van der Waals surface area contributed by atoms with Gasteiger partial charge in [0.2, 0.25) is 0 Å². The number of hydrogen-bond acceptors (Lipinski definition) is 5. The Morgan fingerprint density at radius 2 is 2.17 bits per heavy atom. The fourth-order valence-corrected chi connectivity index (χ4v) is 4.84. The molecule has 4 nitrogen and oxygen atoms in total. The van der Waals surface area contributed by atoms with E-state index in [4.69, 9.17) is 9.72 Å². The molecule has 2 aliphatic rings. The molecule has 3 heterocycles. The van der Waals surface area contributed by atoms with E-state index in [1.54, 1.807) is 11.3 Å². The van der Waals surface area contributed by atoms with Crippen LogP contribution in [-0.2, 0) is 11.2 Å². The summed E-state index contributed by atoms with van der Waals surface area (Å²) in [5, 5.41) is 7.00. The highest BCUT2D eigenvalue weighted by Crippen LogP contribution is 2.39. The first-order valence-corrected chi connectivity index (χ1v) is 9.81. The molecule has 0 amide bonds. The van der Waals surface area contributed by atoms with Gasteiger partial charge in [0.15, 0.2) is 0 Å². The molecule has 1 saturated carbocycles. The average molecular weight is 331 g/mol. The Hall–Kier alpha value is -1.20. The summed E-state index contributed by atoms with van der Waals surface area (Å²) in [5.41, 5.74) is 0.128. The monoisotopic (exact) mass is 331 g/mol. The molecular weight excluding hydrogens is 306 g/mol. The van der Waals surface area contributed by atoms with Crippen LogP contribution in [0.5, 0.6) is 0 Å². The highest BCUT2D eigenvalue weighted by molar-refractivity contribution is 7.16. The molecule has 1 N–H and O–H groups in total. The normalized spacial score (nSPS) is 24.1. The third-order valence-electron chi connectivity index (χ3n) is 5.29. The Morgan fingerprint density at radius 1 is 1.30 bits per heavy atom. The summed E-state index contributed by atoms with van der Waals surface area (Å²) in [4.78, 5) is 10.5. The van der Waals surface area contributed by atoms with Gasteiger partial charge >= 0.3 is 0 Å². The summed E-state index contributed by atoms with van der Waals surface area (Å²) in [6.07, 6.45) is 9.50. The Balaban J connectivity index is 1.56. The van der Waals surface area contributed by atoms with Crippen LogP contribution in [-0.4, -0.2) is 28.2 Å². The summed E-state index contributed by atoms with van der Waals surface area (Å²) in [6, 6.07) is 2.60. The highest BCUT2D eigenvalue weighted by atomic mass is 32.1. The zero-order valence-electron chi connectivity index (χ0n) is 13.8. The molecule has 0 aromatic carbocycles. The van der Waals surface area contributed by atoms with Crippen molar-refractivity contribution in [3.63, 3.8) is 0 Å². The van der Waals surface area contributed by atoms with Gasteiger partial charge in [-0.1, -0.05) is 26.2 Å². The van der Waals surface area contributed by atoms with E-state index in [2.05, 4.69) is 28.7 Å². The average Bonchev–Trinajstić information content (AvgIpc) is 3.04. The topological polar surface area (TPSA) is 47.0 Å². The third kappa shape index (κ3) is 3.09. The minimum atomic E-state index is 0.128. The van der Waals surface area contributed by atoms with Gasteiger partial charge in [-0.2, -0.15) is 0 Å². The van der Waals surface area contributed by atoms with Crippen molar-refractivity contribution in [2.45, 2.75) is 69.9 Å². The number of aryl methyl sites for hydroxylation is 1. The molecule has 23 heavy (non-hydrogen) atoms. The summed E-state index contributed by atoms with van der Waals surface area (Å²) in [7, 11) is 0. The smallest absolute Gasteiger partial charge is 0.138 e. The molecule has 1 aliphatic carbocycles. The molecule has 0 radical (unpaired) electrons. The van der Waals surface area contributed by atoms with E-state index in [1.807, 2.05) is 0 Å². The van der Waals surface area contributed by atoms with Crippen LogP contribution in [0.25, 0.3) is 10.2 Å². The third-order valence-corrected chi connectivity index (χ3v) is 6.09. The second kappa shape index (κ2) is 6.36. The first kappa shape index (κ1) is 15.3. The lowest BCUT2D eigenvalue weighted by Gasteiger charge is -2.43. The Morgan fingerprint density at radius 3 is 3.00 bits per heavy atom. The molecule has 0 bridgehead atoms. The van der Waals surface area contributed by atoms with Crippen molar-refractivity contribution >= 4 is 27.4 Å². The maximum atomic E-state index is 6.22. The lowest BCUT2D eigenvalue weighted by molar-refractivity contribution is -0.103. The molecule has 1 saturated heterocycles. The molecule has 4 rings (SSSR count). The van der Waals surface area contributed by atoms with Gasteiger partial charge in [0.25, 0.3) is 0 Å². The first-order chi connectivity index (χ1) is 11.3. The first-order valence-electron chi connectivity index (χ1n) is 8.93. The number of fused-ring (bicyclic) bond motifs is 1. The van der Waals surface area contributed by atoms with Gasteiger partial charge in [-0.15, -0.1) is 11.3 Å². The van der Waals surface area contributed by atoms with E-state index in [0.717, 1.165) is 47.7 Å². The number of nitrogens with one attached hydrogen (secondary N) is 1. The van der Waals surface area contributed by atoms with E-state index in [9.17, 15) is 0 Å². The van der Waals surface area contributed by atoms with Crippen LogP contribution >= 0.6 is 11.3 Å². The van der Waals surface area contributed by atoms with Crippen LogP contribution in [0.4, 0.5) is 5.82 Å². The van der Waals surface area contributed by atoms with Gasteiger partial charge in [-0.25, -0.2) is 9.97 Å². The molecule has 5 heteroatoms. The van der Waals surface area contributed by atoms with Gasteiger partial charge < -0.3 is 10.1 Å². The van der Waals surface area contributed by atoms with Crippen molar-refractivity contribution in [2.75, 3.05) is 11.9 Å². The van der Waals surface area contributed by atoms with Crippen LogP contribution in [0.1, 0.15) is 57.7 Å². The van der Waals surface area contributed by atoms with E-state index >= 15 is 0 Å². The largest absolute Gasteiger partial charge is 0.375 e. The summed E-state index contributed by atoms with van der Waals surface area (Å²) in [5.74, 6) is 1.95. The molecule has 1 spiro atoms. The summed E-state index contributed by atoms with van der Waals surface area (Å²) < 4.78 is 6.22. The van der Waals surface area contributed by atoms with Crippen LogP contribution in [0.3, 0.4) is 0 Å². The van der Waals surface area contributed by atoms with Crippen molar-refractivity contribution in [3.8, 4) is 0 Å². The van der Waals surface area contributed by atoms with Crippen LogP contribution < -0.4 is 5.32 Å². The summed E-state index contributed by atoms with van der Waals surface area (Å²) in [6.45, 7) is 2.99. The van der Waals surface area contributed by atoms with Crippen LogP contribution in [0.15, 0.2) is 11.4 Å². The molecule has 1 atom stereocenters.